The Morgan fingerprint density at radius 2 is 1.39 bits per heavy atom. The van der Waals surface area contributed by atoms with Crippen LogP contribution in [-0.4, -0.2) is 12.3 Å². The van der Waals surface area contributed by atoms with Crippen molar-refractivity contribution in [1.82, 2.24) is 5.32 Å². The van der Waals surface area contributed by atoms with Crippen LogP contribution in [0, 0.1) is 5.92 Å². The number of carbonyl (C=O) groups is 1. The van der Waals surface area contributed by atoms with E-state index in [1.165, 1.54) is 19.3 Å². The fourth-order valence-corrected chi connectivity index (χ4v) is 5.22. The standard InChI is InChI=1S/C32H40N2O2/c1-22(2)26-19-13-20-27(23(3)4)30(26)33-32(35)34-31(25-16-9-6-10-17-25)36-29-21-12-11-18-28(29)24-14-7-5-8-15-24/h5,7-8,11-15,18-23,25,31H,6,9-10,16-17H2,1-4H3,(H2,33,34,35). The van der Waals surface area contributed by atoms with Crippen LogP contribution in [0.1, 0.15) is 82.8 Å². The summed E-state index contributed by atoms with van der Waals surface area (Å²) in [4.78, 5) is 13.5. The van der Waals surface area contributed by atoms with Crippen molar-refractivity contribution in [1.29, 1.82) is 0 Å². The molecule has 1 aliphatic rings. The van der Waals surface area contributed by atoms with Crippen LogP contribution in [0.4, 0.5) is 10.5 Å². The molecule has 1 aliphatic carbocycles. The zero-order chi connectivity index (χ0) is 25.5. The molecule has 0 heterocycles. The quantitative estimate of drug-likeness (QED) is 0.314. The maximum Gasteiger partial charge on any atom is 0.322 e. The Kier molecular flexibility index (Phi) is 8.69. The summed E-state index contributed by atoms with van der Waals surface area (Å²) >= 11 is 0. The third-order valence-corrected chi connectivity index (χ3v) is 7.19. The lowest BCUT2D eigenvalue weighted by molar-refractivity contribution is 0.0876. The number of hydrogen-bond acceptors (Lipinski definition) is 2. The summed E-state index contributed by atoms with van der Waals surface area (Å²) in [6.45, 7) is 8.65. The van der Waals surface area contributed by atoms with Crippen LogP contribution >= 0.6 is 0 Å². The SMILES string of the molecule is CC(C)c1cccc(C(C)C)c1NC(=O)NC(Oc1ccccc1-c1ccccc1)C1CCCCC1. The number of benzene rings is 3. The van der Waals surface area contributed by atoms with Gasteiger partial charge in [0, 0.05) is 17.2 Å². The zero-order valence-corrected chi connectivity index (χ0v) is 22.1. The smallest absolute Gasteiger partial charge is 0.322 e. The molecule has 1 unspecified atom stereocenters. The van der Waals surface area contributed by atoms with Crippen LogP contribution in [0.25, 0.3) is 11.1 Å². The van der Waals surface area contributed by atoms with Crippen LogP contribution in [0.15, 0.2) is 72.8 Å². The van der Waals surface area contributed by atoms with Gasteiger partial charge in [-0.2, -0.15) is 0 Å². The van der Waals surface area contributed by atoms with Crippen molar-refractivity contribution in [2.45, 2.75) is 77.9 Å². The molecule has 2 N–H and O–H groups in total. The van der Waals surface area contributed by atoms with Gasteiger partial charge in [-0.1, -0.05) is 114 Å². The lowest BCUT2D eigenvalue weighted by Crippen LogP contribution is -2.47. The summed E-state index contributed by atoms with van der Waals surface area (Å²) in [6.07, 6.45) is 5.29. The minimum absolute atomic E-state index is 0.210. The van der Waals surface area contributed by atoms with Gasteiger partial charge in [-0.3, -0.25) is 0 Å². The van der Waals surface area contributed by atoms with Crippen molar-refractivity contribution in [2.75, 3.05) is 5.32 Å². The van der Waals surface area contributed by atoms with Gasteiger partial charge in [-0.05, 0) is 47.4 Å². The van der Waals surface area contributed by atoms with Crippen LogP contribution < -0.4 is 15.4 Å². The highest BCUT2D eigenvalue weighted by Crippen LogP contribution is 2.35. The molecular formula is C32H40N2O2. The summed E-state index contributed by atoms with van der Waals surface area (Å²) < 4.78 is 6.63. The number of urea groups is 1. The molecule has 0 radical (unpaired) electrons. The van der Waals surface area contributed by atoms with Crippen molar-refractivity contribution in [3.05, 3.63) is 83.9 Å². The number of para-hydroxylation sites is 2. The maximum absolute atomic E-state index is 13.5. The molecule has 36 heavy (non-hydrogen) atoms. The van der Waals surface area contributed by atoms with Crippen molar-refractivity contribution >= 4 is 11.7 Å². The zero-order valence-electron chi connectivity index (χ0n) is 22.1. The maximum atomic E-state index is 13.5. The number of anilines is 1. The van der Waals surface area contributed by atoms with E-state index < -0.39 is 6.23 Å². The lowest BCUT2D eigenvalue weighted by atomic mass is 9.88. The predicted molar refractivity (Wildman–Crippen MR) is 150 cm³/mol. The second-order valence-corrected chi connectivity index (χ2v) is 10.5. The van der Waals surface area contributed by atoms with E-state index in [0.29, 0.717) is 11.8 Å². The molecule has 1 saturated carbocycles. The van der Waals surface area contributed by atoms with Gasteiger partial charge in [0.25, 0.3) is 0 Å². The van der Waals surface area contributed by atoms with Crippen molar-refractivity contribution in [3.8, 4) is 16.9 Å². The van der Waals surface area contributed by atoms with Crippen molar-refractivity contribution in [3.63, 3.8) is 0 Å². The highest BCUT2D eigenvalue weighted by atomic mass is 16.5. The Balaban J connectivity index is 1.60. The molecule has 1 atom stereocenters. The average Bonchev–Trinajstić information content (AvgIpc) is 2.89. The molecule has 3 aromatic carbocycles. The third-order valence-electron chi connectivity index (χ3n) is 7.19. The minimum Gasteiger partial charge on any atom is -0.470 e. The topological polar surface area (TPSA) is 50.4 Å². The molecular weight excluding hydrogens is 444 g/mol. The van der Waals surface area contributed by atoms with Gasteiger partial charge < -0.3 is 15.4 Å². The molecule has 2 amide bonds. The van der Waals surface area contributed by atoms with Crippen molar-refractivity contribution < 1.29 is 9.53 Å². The molecule has 0 aromatic heterocycles. The first-order valence-corrected chi connectivity index (χ1v) is 13.5. The largest absolute Gasteiger partial charge is 0.470 e. The van der Waals surface area contributed by atoms with E-state index in [-0.39, 0.29) is 11.9 Å². The van der Waals surface area contributed by atoms with E-state index in [2.05, 4.69) is 74.7 Å². The number of rotatable bonds is 8. The summed E-state index contributed by atoms with van der Waals surface area (Å²) in [5.41, 5.74) is 5.37. The summed E-state index contributed by atoms with van der Waals surface area (Å²) in [5, 5.41) is 6.44. The highest BCUT2D eigenvalue weighted by molar-refractivity contribution is 5.91. The van der Waals surface area contributed by atoms with Gasteiger partial charge in [0.2, 0.25) is 0 Å². The number of amides is 2. The molecule has 190 valence electrons. The van der Waals surface area contributed by atoms with E-state index in [1.54, 1.807) is 0 Å². The molecule has 0 saturated heterocycles. The van der Waals surface area contributed by atoms with Crippen LogP contribution in [0.5, 0.6) is 5.75 Å². The Morgan fingerprint density at radius 3 is 2.03 bits per heavy atom. The van der Waals surface area contributed by atoms with Gasteiger partial charge >= 0.3 is 6.03 Å². The predicted octanol–water partition coefficient (Wildman–Crippen LogP) is 8.71. The van der Waals surface area contributed by atoms with E-state index in [0.717, 1.165) is 46.5 Å². The summed E-state index contributed by atoms with van der Waals surface area (Å²) in [7, 11) is 0. The van der Waals surface area contributed by atoms with Gasteiger partial charge in [-0.15, -0.1) is 0 Å². The van der Waals surface area contributed by atoms with Crippen LogP contribution in [0.3, 0.4) is 0 Å². The molecule has 4 nitrogen and oxygen atoms in total. The number of ether oxygens (including phenoxy) is 1. The lowest BCUT2D eigenvalue weighted by Gasteiger charge is -2.32. The van der Waals surface area contributed by atoms with Gasteiger partial charge in [0.1, 0.15) is 5.75 Å². The van der Waals surface area contributed by atoms with Gasteiger partial charge in [0.05, 0.1) is 0 Å². The minimum atomic E-state index is -0.399. The Morgan fingerprint density at radius 1 is 0.778 bits per heavy atom. The van der Waals surface area contributed by atoms with E-state index in [9.17, 15) is 4.79 Å². The molecule has 3 aromatic rings. The Bertz CT molecular complexity index is 1110. The fourth-order valence-electron chi connectivity index (χ4n) is 5.22. The summed E-state index contributed by atoms with van der Waals surface area (Å²) in [6, 6.07) is 24.5. The van der Waals surface area contributed by atoms with E-state index in [4.69, 9.17) is 4.74 Å². The first kappa shape index (κ1) is 25.8. The van der Waals surface area contributed by atoms with E-state index in [1.807, 2.05) is 36.4 Å². The monoisotopic (exact) mass is 484 g/mol. The highest BCUT2D eigenvalue weighted by Gasteiger charge is 2.28. The summed E-state index contributed by atoms with van der Waals surface area (Å²) in [5.74, 6) is 1.69. The molecule has 1 fully saturated rings. The molecule has 0 bridgehead atoms. The molecule has 4 rings (SSSR count). The van der Waals surface area contributed by atoms with E-state index >= 15 is 0 Å². The first-order chi connectivity index (χ1) is 17.4. The Labute approximate surface area is 216 Å². The van der Waals surface area contributed by atoms with Crippen LogP contribution in [-0.2, 0) is 0 Å². The van der Waals surface area contributed by atoms with Crippen molar-refractivity contribution in [2.24, 2.45) is 5.92 Å². The second-order valence-electron chi connectivity index (χ2n) is 10.5. The fraction of sp³-hybridized carbons (Fsp3) is 0.406. The number of carbonyl (C=O) groups excluding carboxylic acids is 1. The number of hydrogen-bond donors (Lipinski definition) is 2. The second kappa shape index (κ2) is 12.1. The molecule has 0 aliphatic heterocycles. The number of nitrogens with one attached hydrogen (secondary N) is 2. The molecule has 4 heteroatoms. The normalized spacial score (nSPS) is 15.1. The Hall–Kier alpha value is -3.27. The first-order valence-electron chi connectivity index (χ1n) is 13.5. The van der Waals surface area contributed by atoms with Gasteiger partial charge in [0.15, 0.2) is 6.23 Å². The average molecular weight is 485 g/mol. The third kappa shape index (κ3) is 6.29. The van der Waals surface area contributed by atoms with Crippen LogP contribution in [0.2, 0.25) is 0 Å². The van der Waals surface area contributed by atoms with Gasteiger partial charge in [-0.25, -0.2) is 4.79 Å². The molecule has 0 spiro atoms.